The molecular formula is C26H34ClN5O4. The van der Waals surface area contributed by atoms with E-state index in [2.05, 4.69) is 15.1 Å². The third-order valence-electron chi connectivity index (χ3n) is 6.34. The van der Waals surface area contributed by atoms with E-state index >= 15 is 0 Å². The van der Waals surface area contributed by atoms with Crippen LogP contribution in [-0.2, 0) is 4.79 Å². The van der Waals surface area contributed by atoms with Crippen molar-refractivity contribution in [1.82, 2.24) is 15.1 Å². The Bertz CT molecular complexity index is 1080. The SMILES string of the molecule is COc1ccccc1N1CCN(CC(O)CN2C(=O)N/C(=C\c3ccc(N(C)C)cc3)C2=O)CC1.Cl. The van der Waals surface area contributed by atoms with E-state index in [1.165, 1.54) is 0 Å². The molecule has 1 unspecified atom stereocenters. The molecule has 4 rings (SSSR count). The van der Waals surface area contributed by atoms with Gasteiger partial charge in [0.25, 0.3) is 5.91 Å². The number of piperazine rings is 1. The van der Waals surface area contributed by atoms with Crippen molar-refractivity contribution < 1.29 is 19.4 Å². The Morgan fingerprint density at radius 2 is 1.69 bits per heavy atom. The fraction of sp³-hybridized carbons (Fsp3) is 0.385. The molecule has 10 heteroatoms. The predicted molar refractivity (Wildman–Crippen MR) is 144 cm³/mol. The zero-order valence-corrected chi connectivity index (χ0v) is 21.7. The monoisotopic (exact) mass is 515 g/mol. The van der Waals surface area contributed by atoms with Crippen molar-refractivity contribution in [2.75, 3.05) is 70.3 Å². The van der Waals surface area contributed by atoms with Gasteiger partial charge in [-0.05, 0) is 35.9 Å². The number of β-amino-alcohol motifs (C(OH)–C–C–N with tert-alkyl or cyclic N) is 1. The molecule has 2 aromatic carbocycles. The molecule has 0 aromatic heterocycles. The third kappa shape index (κ3) is 6.29. The number of nitrogens with zero attached hydrogens (tertiary/aromatic N) is 4. The maximum atomic E-state index is 12.8. The first-order valence-corrected chi connectivity index (χ1v) is 11.8. The molecule has 0 spiro atoms. The number of halogens is 1. The molecular weight excluding hydrogens is 482 g/mol. The minimum Gasteiger partial charge on any atom is -0.495 e. The van der Waals surface area contributed by atoms with Crippen LogP contribution in [0.25, 0.3) is 6.08 Å². The molecule has 9 nitrogen and oxygen atoms in total. The predicted octanol–water partition coefficient (Wildman–Crippen LogP) is 2.26. The molecule has 2 heterocycles. The van der Waals surface area contributed by atoms with Gasteiger partial charge in [0.1, 0.15) is 11.4 Å². The molecule has 3 amide bonds. The lowest BCUT2D eigenvalue weighted by Crippen LogP contribution is -2.50. The summed E-state index contributed by atoms with van der Waals surface area (Å²) in [5.74, 6) is 0.420. The number of ether oxygens (including phenoxy) is 1. The van der Waals surface area contributed by atoms with E-state index in [-0.39, 0.29) is 24.6 Å². The van der Waals surface area contributed by atoms with Crippen LogP contribution >= 0.6 is 12.4 Å². The second-order valence-corrected chi connectivity index (χ2v) is 9.00. The maximum Gasteiger partial charge on any atom is 0.329 e. The fourth-order valence-electron chi connectivity index (χ4n) is 4.40. The number of anilines is 2. The second kappa shape index (κ2) is 12.1. The summed E-state index contributed by atoms with van der Waals surface area (Å²) in [6.45, 7) is 3.48. The van der Waals surface area contributed by atoms with E-state index < -0.39 is 18.0 Å². The Hall–Kier alpha value is -3.27. The Kier molecular flexibility index (Phi) is 9.19. The number of imide groups is 1. The highest BCUT2D eigenvalue weighted by atomic mass is 35.5. The standard InChI is InChI=1S/C26H33N5O4.ClH/c1-28(2)20-10-8-19(9-11-20)16-22-25(33)31(26(34)27-22)18-21(32)17-29-12-14-30(15-13-29)23-6-4-5-7-24(23)35-3;/h4-11,16,21,32H,12-15,17-18H2,1-3H3,(H,27,34);1H/b22-16-;. The van der Waals surface area contributed by atoms with Crippen molar-refractivity contribution in [1.29, 1.82) is 0 Å². The van der Waals surface area contributed by atoms with Gasteiger partial charge in [0.05, 0.1) is 25.4 Å². The normalized spacial score (nSPS) is 18.2. The number of urea groups is 1. The smallest absolute Gasteiger partial charge is 0.329 e. The number of carbonyl (C=O) groups is 2. The average Bonchev–Trinajstić information content (AvgIpc) is 3.12. The van der Waals surface area contributed by atoms with Crippen LogP contribution in [0, 0.1) is 0 Å². The van der Waals surface area contributed by atoms with Gasteiger partial charge >= 0.3 is 6.03 Å². The average molecular weight is 516 g/mol. The van der Waals surface area contributed by atoms with Crippen molar-refractivity contribution in [2.24, 2.45) is 0 Å². The van der Waals surface area contributed by atoms with Crippen molar-refractivity contribution in [2.45, 2.75) is 6.10 Å². The highest BCUT2D eigenvalue weighted by Gasteiger charge is 2.35. The van der Waals surface area contributed by atoms with Gasteiger partial charge in [-0.2, -0.15) is 0 Å². The van der Waals surface area contributed by atoms with Crippen LogP contribution < -0.4 is 19.9 Å². The van der Waals surface area contributed by atoms with Crippen molar-refractivity contribution in [3.8, 4) is 5.75 Å². The first kappa shape index (κ1) is 27.3. The Morgan fingerprint density at radius 1 is 1.03 bits per heavy atom. The number of hydrogen-bond acceptors (Lipinski definition) is 7. The van der Waals surface area contributed by atoms with E-state index in [0.717, 1.165) is 53.8 Å². The molecule has 1 atom stereocenters. The van der Waals surface area contributed by atoms with Crippen LogP contribution in [0.4, 0.5) is 16.2 Å². The lowest BCUT2D eigenvalue weighted by atomic mass is 10.1. The lowest BCUT2D eigenvalue weighted by molar-refractivity contribution is -0.124. The summed E-state index contributed by atoms with van der Waals surface area (Å²) in [4.78, 5) is 32.7. The number of benzene rings is 2. The highest BCUT2D eigenvalue weighted by molar-refractivity contribution is 6.14. The zero-order chi connectivity index (χ0) is 24.9. The molecule has 0 radical (unpaired) electrons. The number of rotatable bonds is 8. The van der Waals surface area contributed by atoms with Crippen molar-refractivity contribution in [3.05, 3.63) is 59.8 Å². The molecule has 0 saturated carbocycles. The lowest BCUT2D eigenvalue weighted by Gasteiger charge is -2.37. The summed E-state index contributed by atoms with van der Waals surface area (Å²) in [5, 5.41) is 13.3. The van der Waals surface area contributed by atoms with E-state index in [4.69, 9.17) is 4.74 Å². The van der Waals surface area contributed by atoms with Gasteiger partial charge in [0.2, 0.25) is 0 Å². The van der Waals surface area contributed by atoms with E-state index in [9.17, 15) is 14.7 Å². The van der Waals surface area contributed by atoms with Gasteiger partial charge in [-0.3, -0.25) is 14.6 Å². The van der Waals surface area contributed by atoms with Crippen LogP contribution in [0.5, 0.6) is 5.75 Å². The molecule has 36 heavy (non-hydrogen) atoms. The summed E-state index contributed by atoms with van der Waals surface area (Å²) in [6, 6.07) is 15.1. The molecule has 2 aliphatic rings. The van der Waals surface area contributed by atoms with Gasteiger partial charge in [-0.1, -0.05) is 24.3 Å². The van der Waals surface area contributed by atoms with Crippen LogP contribution in [0.15, 0.2) is 54.2 Å². The molecule has 194 valence electrons. The van der Waals surface area contributed by atoms with E-state index in [1.807, 2.05) is 67.5 Å². The first-order valence-electron chi connectivity index (χ1n) is 11.8. The van der Waals surface area contributed by atoms with Gasteiger partial charge in [0, 0.05) is 52.5 Å². The molecule has 0 bridgehead atoms. The third-order valence-corrected chi connectivity index (χ3v) is 6.34. The Balaban J connectivity index is 0.00000361. The summed E-state index contributed by atoms with van der Waals surface area (Å²) in [6.07, 6.45) is 0.824. The topological polar surface area (TPSA) is 88.6 Å². The van der Waals surface area contributed by atoms with Gasteiger partial charge in [-0.15, -0.1) is 12.4 Å². The van der Waals surface area contributed by atoms with Gasteiger partial charge < -0.3 is 25.0 Å². The zero-order valence-electron chi connectivity index (χ0n) is 20.9. The first-order chi connectivity index (χ1) is 16.9. The highest BCUT2D eigenvalue weighted by Crippen LogP contribution is 2.28. The number of aliphatic hydroxyl groups is 1. The molecule has 2 N–H and O–H groups in total. The number of hydrogen-bond donors (Lipinski definition) is 2. The number of methoxy groups -OCH3 is 1. The number of nitrogens with one attached hydrogen (secondary N) is 1. The minimum absolute atomic E-state index is 0. The molecule has 2 aromatic rings. The van der Waals surface area contributed by atoms with Gasteiger partial charge in [0.15, 0.2) is 0 Å². The summed E-state index contributed by atoms with van der Waals surface area (Å²) >= 11 is 0. The van der Waals surface area contributed by atoms with Gasteiger partial charge in [-0.25, -0.2) is 4.79 Å². The van der Waals surface area contributed by atoms with Crippen LogP contribution in [0.3, 0.4) is 0 Å². The van der Waals surface area contributed by atoms with Crippen molar-refractivity contribution in [3.63, 3.8) is 0 Å². The largest absolute Gasteiger partial charge is 0.495 e. The summed E-state index contributed by atoms with van der Waals surface area (Å²) in [7, 11) is 5.58. The van der Waals surface area contributed by atoms with Crippen LogP contribution in [0.1, 0.15) is 5.56 Å². The van der Waals surface area contributed by atoms with Crippen LogP contribution in [-0.4, -0.2) is 93.4 Å². The van der Waals surface area contributed by atoms with E-state index in [0.29, 0.717) is 6.54 Å². The quantitative estimate of drug-likeness (QED) is 0.412. The minimum atomic E-state index is -0.832. The summed E-state index contributed by atoms with van der Waals surface area (Å²) < 4.78 is 5.47. The van der Waals surface area contributed by atoms with Crippen molar-refractivity contribution >= 4 is 41.8 Å². The maximum absolute atomic E-state index is 12.8. The summed E-state index contributed by atoms with van der Waals surface area (Å²) in [5.41, 5.74) is 3.13. The Morgan fingerprint density at radius 3 is 2.33 bits per heavy atom. The molecule has 2 aliphatic heterocycles. The fourth-order valence-corrected chi connectivity index (χ4v) is 4.40. The molecule has 0 aliphatic carbocycles. The number of aliphatic hydroxyl groups excluding tert-OH is 1. The number of amides is 3. The van der Waals surface area contributed by atoms with E-state index in [1.54, 1.807) is 13.2 Å². The Labute approximate surface area is 218 Å². The molecule has 2 fully saturated rings. The van der Waals surface area contributed by atoms with Crippen LogP contribution in [0.2, 0.25) is 0 Å². The number of carbonyl (C=O) groups excluding carboxylic acids is 2. The number of para-hydroxylation sites is 2. The molecule has 2 saturated heterocycles. The second-order valence-electron chi connectivity index (χ2n) is 9.00.